The number of hydrogen-bond acceptors (Lipinski definition) is 2. The normalized spacial score (nSPS) is 11.7. The Morgan fingerprint density at radius 1 is 1.22 bits per heavy atom. The van der Waals surface area contributed by atoms with Crippen LogP contribution < -0.4 is 10.6 Å². The summed E-state index contributed by atoms with van der Waals surface area (Å²) in [5, 5.41) is 5.35. The molecule has 1 aromatic carbocycles. The van der Waals surface area contributed by atoms with Gasteiger partial charge in [-0.1, -0.05) is 37.3 Å². The molecule has 4 nitrogen and oxygen atoms in total. The number of rotatable bonds is 6. The van der Waals surface area contributed by atoms with Gasteiger partial charge in [-0.3, -0.25) is 9.59 Å². The Hall–Kier alpha value is -1.84. The minimum Gasteiger partial charge on any atom is -0.357 e. The summed E-state index contributed by atoms with van der Waals surface area (Å²) < 4.78 is 0. The predicted molar refractivity (Wildman–Crippen MR) is 71.1 cm³/mol. The number of carbonyl (C=O) groups is 2. The maximum atomic E-state index is 11.7. The zero-order valence-corrected chi connectivity index (χ0v) is 10.9. The van der Waals surface area contributed by atoms with Crippen LogP contribution in [-0.4, -0.2) is 24.9 Å². The van der Waals surface area contributed by atoms with Crippen molar-refractivity contribution in [2.24, 2.45) is 0 Å². The Kier molecular flexibility index (Phi) is 5.91. The Labute approximate surface area is 108 Å². The van der Waals surface area contributed by atoms with Crippen LogP contribution in [0.3, 0.4) is 0 Å². The maximum absolute atomic E-state index is 11.7. The molecule has 0 radical (unpaired) electrons. The Balaban J connectivity index is 2.67. The average Bonchev–Trinajstić information content (AvgIpc) is 2.38. The molecule has 2 amide bonds. The first-order chi connectivity index (χ1) is 8.67. The molecule has 1 aromatic rings. The minimum absolute atomic E-state index is 0.0815. The van der Waals surface area contributed by atoms with Crippen molar-refractivity contribution in [3.05, 3.63) is 35.9 Å². The van der Waals surface area contributed by atoms with E-state index >= 15 is 0 Å². The molecule has 0 saturated carbocycles. The van der Waals surface area contributed by atoms with E-state index < -0.39 is 6.04 Å². The standard InChI is InChI=1S/C14H20N2O2/c1-3-7-13(17)16-12(14(18)15-2)10-11-8-5-4-6-9-11/h4-6,8-9,12H,3,7,10H2,1-2H3,(H,15,18)(H,16,17)/t12-/m0/s1. The third kappa shape index (κ3) is 4.57. The van der Waals surface area contributed by atoms with E-state index in [2.05, 4.69) is 10.6 Å². The second-order valence-corrected chi connectivity index (χ2v) is 4.17. The van der Waals surface area contributed by atoms with E-state index in [-0.39, 0.29) is 11.8 Å². The van der Waals surface area contributed by atoms with Gasteiger partial charge in [0.15, 0.2) is 0 Å². The van der Waals surface area contributed by atoms with E-state index in [1.807, 2.05) is 37.3 Å². The van der Waals surface area contributed by atoms with E-state index in [1.165, 1.54) is 0 Å². The van der Waals surface area contributed by atoms with E-state index in [0.29, 0.717) is 12.8 Å². The van der Waals surface area contributed by atoms with Gasteiger partial charge in [0, 0.05) is 19.9 Å². The van der Waals surface area contributed by atoms with Crippen molar-refractivity contribution in [2.45, 2.75) is 32.2 Å². The Morgan fingerprint density at radius 3 is 2.44 bits per heavy atom. The highest BCUT2D eigenvalue weighted by molar-refractivity contribution is 5.87. The number of nitrogens with one attached hydrogen (secondary N) is 2. The van der Waals surface area contributed by atoms with E-state index in [0.717, 1.165) is 12.0 Å². The van der Waals surface area contributed by atoms with Crippen LogP contribution in [0.25, 0.3) is 0 Å². The SMILES string of the molecule is CCCC(=O)N[C@@H](Cc1ccccc1)C(=O)NC. The van der Waals surface area contributed by atoms with Crippen molar-refractivity contribution in [2.75, 3.05) is 7.05 Å². The summed E-state index contributed by atoms with van der Waals surface area (Å²) in [4.78, 5) is 23.3. The molecule has 0 aliphatic rings. The fourth-order valence-corrected chi connectivity index (χ4v) is 1.73. The zero-order valence-electron chi connectivity index (χ0n) is 10.9. The molecule has 2 N–H and O–H groups in total. The monoisotopic (exact) mass is 248 g/mol. The lowest BCUT2D eigenvalue weighted by Gasteiger charge is -2.17. The minimum atomic E-state index is -0.503. The molecule has 18 heavy (non-hydrogen) atoms. The van der Waals surface area contributed by atoms with Crippen molar-refractivity contribution in [3.63, 3.8) is 0 Å². The molecule has 1 rings (SSSR count). The molecule has 0 fully saturated rings. The summed E-state index contributed by atoms with van der Waals surface area (Å²) in [6, 6.07) is 9.16. The molecule has 0 bridgehead atoms. The van der Waals surface area contributed by atoms with E-state index in [9.17, 15) is 9.59 Å². The van der Waals surface area contributed by atoms with Crippen molar-refractivity contribution < 1.29 is 9.59 Å². The number of amides is 2. The number of likely N-dealkylation sites (N-methyl/N-ethyl adjacent to an activating group) is 1. The lowest BCUT2D eigenvalue weighted by Crippen LogP contribution is -2.46. The van der Waals surface area contributed by atoms with Crippen molar-refractivity contribution in [1.29, 1.82) is 0 Å². The summed E-state index contributed by atoms with van der Waals surface area (Å²) in [5.74, 6) is -0.245. The second kappa shape index (κ2) is 7.48. The fraction of sp³-hybridized carbons (Fsp3) is 0.429. The second-order valence-electron chi connectivity index (χ2n) is 4.17. The average molecular weight is 248 g/mol. The molecule has 0 heterocycles. The van der Waals surface area contributed by atoms with Crippen LogP contribution in [0.2, 0.25) is 0 Å². The van der Waals surface area contributed by atoms with Gasteiger partial charge in [0.1, 0.15) is 6.04 Å². The largest absolute Gasteiger partial charge is 0.357 e. The van der Waals surface area contributed by atoms with Crippen LogP contribution in [-0.2, 0) is 16.0 Å². The van der Waals surface area contributed by atoms with Crippen molar-refractivity contribution >= 4 is 11.8 Å². The summed E-state index contributed by atoms with van der Waals surface area (Å²) in [5.41, 5.74) is 1.03. The predicted octanol–water partition coefficient (Wildman–Crippen LogP) is 1.26. The summed E-state index contributed by atoms with van der Waals surface area (Å²) in [6.45, 7) is 1.94. The number of benzene rings is 1. The quantitative estimate of drug-likeness (QED) is 0.796. The molecule has 0 saturated heterocycles. The van der Waals surface area contributed by atoms with Gasteiger partial charge in [-0.15, -0.1) is 0 Å². The lowest BCUT2D eigenvalue weighted by atomic mass is 10.1. The first kappa shape index (κ1) is 14.2. The first-order valence-electron chi connectivity index (χ1n) is 6.22. The van der Waals surface area contributed by atoms with Crippen molar-refractivity contribution in [1.82, 2.24) is 10.6 Å². The third-order valence-corrected chi connectivity index (χ3v) is 2.66. The van der Waals surface area contributed by atoms with Gasteiger partial charge in [-0.25, -0.2) is 0 Å². The Morgan fingerprint density at radius 2 is 1.89 bits per heavy atom. The van der Waals surface area contributed by atoms with Crippen LogP contribution in [0, 0.1) is 0 Å². The zero-order chi connectivity index (χ0) is 13.4. The van der Waals surface area contributed by atoms with Crippen LogP contribution in [0.5, 0.6) is 0 Å². The first-order valence-corrected chi connectivity index (χ1v) is 6.22. The van der Waals surface area contributed by atoms with E-state index in [4.69, 9.17) is 0 Å². The fourth-order valence-electron chi connectivity index (χ4n) is 1.73. The van der Waals surface area contributed by atoms with Gasteiger partial charge >= 0.3 is 0 Å². The van der Waals surface area contributed by atoms with Crippen LogP contribution in [0.4, 0.5) is 0 Å². The molecule has 0 aliphatic heterocycles. The van der Waals surface area contributed by atoms with Crippen LogP contribution in [0.1, 0.15) is 25.3 Å². The highest BCUT2D eigenvalue weighted by Gasteiger charge is 2.19. The summed E-state index contributed by atoms with van der Waals surface area (Å²) in [6.07, 6.45) is 1.73. The van der Waals surface area contributed by atoms with Gasteiger partial charge < -0.3 is 10.6 Å². The van der Waals surface area contributed by atoms with Gasteiger partial charge in [-0.2, -0.15) is 0 Å². The summed E-state index contributed by atoms with van der Waals surface area (Å²) in [7, 11) is 1.58. The molecule has 1 atom stereocenters. The lowest BCUT2D eigenvalue weighted by molar-refractivity contribution is -0.128. The smallest absolute Gasteiger partial charge is 0.242 e. The van der Waals surface area contributed by atoms with E-state index in [1.54, 1.807) is 7.05 Å². The highest BCUT2D eigenvalue weighted by Crippen LogP contribution is 2.04. The van der Waals surface area contributed by atoms with Crippen LogP contribution >= 0.6 is 0 Å². The topological polar surface area (TPSA) is 58.2 Å². The molecule has 4 heteroatoms. The Bertz CT molecular complexity index is 390. The summed E-state index contributed by atoms with van der Waals surface area (Å²) >= 11 is 0. The molecule has 0 aliphatic carbocycles. The number of hydrogen-bond donors (Lipinski definition) is 2. The highest BCUT2D eigenvalue weighted by atomic mass is 16.2. The third-order valence-electron chi connectivity index (χ3n) is 2.66. The van der Waals surface area contributed by atoms with Gasteiger partial charge in [0.2, 0.25) is 11.8 Å². The molecule has 0 aromatic heterocycles. The van der Waals surface area contributed by atoms with Crippen LogP contribution in [0.15, 0.2) is 30.3 Å². The maximum Gasteiger partial charge on any atom is 0.242 e. The van der Waals surface area contributed by atoms with Crippen molar-refractivity contribution in [3.8, 4) is 0 Å². The molecule has 0 unspecified atom stereocenters. The molecular weight excluding hydrogens is 228 g/mol. The van der Waals surface area contributed by atoms with Gasteiger partial charge in [-0.05, 0) is 12.0 Å². The van der Waals surface area contributed by atoms with Gasteiger partial charge in [0.25, 0.3) is 0 Å². The molecule has 98 valence electrons. The van der Waals surface area contributed by atoms with Gasteiger partial charge in [0.05, 0.1) is 0 Å². The number of carbonyl (C=O) groups excluding carboxylic acids is 2. The molecule has 0 spiro atoms. The molecular formula is C14H20N2O2.